The van der Waals surface area contributed by atoms with Gasteiger partial charge < -0.3 is 10.5 Å². The first-order valence-electron chi connectivity index (χ1n) is 7.69. The third kappa shape index (κ3) is 2.73. The Kier molecular flexibility index (Phi) is 3.70. The summed E-state index contributed by atoms with van der Waals surface area (Å²) in [7, 11) is 0. The van der Waals surface area contributed by atoms with Crippen LogP contribution in [0, 0.1) is 11.3 Å². The van der Waals surface area contributed by atoms with Crippen LogP contribution in [-0.4, -0.2) is 17.9 Å². The quantitative estimate of drug-likeness (QED) is 0.911. The van der Waals surface area contributed by atoms with Gasteiger partial charge in [0.2, 0.25) is 0 Å². The van der Waals surface area contributed by atoms with Crippen molar-refractivity contribution in [1.29, 1.82) is 5.26 Å². The zero-order chi connectivity index (χ0) is 16.6. The van der Waals surface area contributed by atoms with Crippen molar-refractivity contribution >= 4 is 11.4 Å². The minimum absolute atomic E-state index is 0.351. The Labute approximate surface area is 136 Å². The highest BCUT2D eigenvalue weighted by molar-refractivity contribution is 6.08. The molecule has 2 aliphatic rings. The molecular formula is C18H20N4O. The van der Waals surface area contributed by atoms with E-state index in [-0.39, 0.29) is 0 Å². The molecule has 0 saturated carbocycles. The molecule has 0 saturated heterocycles. The van der Waals surface area contributed by atoms with Gasteiger partial charge in [0.1, 0.15) is 17.5 Å². The molecule has 5 heteroatoms. The van der Waals surface area contributed by atoms with Crippen LogP contribution < -0.4 is 10.7 Å². The van der Waals surface area contributed by atoms with Gasteiger partial charge in [0.05, 0.1) is 23.6 Å². The highest BCUT2D eigenvalue weighted by atomic mass is 16.5. The van der Waals surface area contributed by atoms with E-state index in [0.717, 1.165) is 23.4 Å². The fraction of sp³-hybridized carbons (Fsp3) is 0.333. The van der Waals surface area contributed by atoms with Gasteiger partial charge in [-0.25, -0.2) is 5.01 Å². The summed E-state index contributed by atoms with van der Waals surface area (Å²) in [6.45, 7) is 6.38. The van der Waals surface area contributed by atoms with Gasteiger partial charge in [0.15, 0.2) is 0 Å². The van der Waals surface area contributed by atoms with E-state index in [9.17, 15) is 5.26 Å². The molecule has 0 fully saturated rings. The van der Waals surface area contributed by atoms with Crippen LogP contribution in [0.15, 0.2) is 52.4 Å². The molecule has 1 aromatic carbocycles. The maximum absolute atomic E-state index is 9.57. The molecule has 23 heavy (non-hydrogen) atoms. The van der Waals surface area contributed by atoms with Gasteiger partial charge in [-0.1, -0.05) is 19.1 Å². The van der Waals surface area contributed by atoms with Crippen molar-refractivity contribution < 1.29 is 4.74 Å². The summed E-state index contributed by atoms with van der Waals surface area (Å²) in [4.78, 5) is 0. The Morgan fingerprint density at radius 2 is 2.04 bits per heavy atom. The SMILES string of the molecule is CCc1ccc(N2N=C3COC(C)(C)C=C3C(C#N)=C2N)cc1. The monoisotopic (exact) mass is 308 g/mol. The van der Waals surface area contributed by atoms with E-state index in [1.165, 1.54) is 5.56 Å². The Morgan fingerprint density at radius 1 is 1.35 bits per heavy atom. The maximum atomic E-state index is 9.57. The molecule has 3 rings (SSSR count). The minimum Gasteiger partial charge on any atom is -0.383 e. The number of allylic oxidation sites excluding steroid dienone is 1. The third-order valence-electron chi connectivity index (χ3n) is 4.06. The fourth-order valence-electron chi connectivity index (χ4n) is 2.71. The number of hydrazone groups is 1. The van der Waals surface area contributed by atoms with Gasteiger partial charge in [-0.15, -0.1) is 0 Å². The number of hydrogen-bond donors (Lipinski definition) is 1. The number of fused-ring (bicyclic) bond motifs is 1. The molecule has 0 aromatic heterocycles. The zero-order valence-corrected chi connectivity index (χ0v) is 13.6. The Hall–Kier alpha value is -2.58. The zero-order valence-electron chi connectivity index (χ0n) is 13.6. The number of nitrogens with two attached hydrogens (primary N) is 1. The van der Waals surface area contributed by atoms with Crippen LogP contribution in [0.2, 0.25) is 0 Å². The number of ether oxygens (including phenoxy) is 1. The van der Waals surface area contributed by atoms with Crippen molar-refractivity contribution in [3.63, 3.8) is 0 Å². The van der Waals surface area contributed by atoms with Gasteiger partial charge in [-0.3, -0.25) is 0 Å². The lowest BCUT2D eigenvalue weighted by atomic mass is 9.92. The van der Waals surface area contributed by atoms with Crippen molar-refractivity contribution in [2.24, 2.45) is 10.8 Å². The molecule has 5 nitrogen and oxygen atoms in total. The molecule has 0 atom stereocenters. The molecule has 0 spiro atoms. The van der Waals surface area contributed by atoms with Crippen molar-refractivity contribution in [2.45, 2.75) is 32.8 Å². The lowest BCUT2D eigenvalue weighted by Gasteiger charge is -2.34. The third-order valence-corrected chi connectivity index (χ3v) is 4.06. The van der Waals surface area contributed by atoms with E-state index in [4.69, 9.17) is 10.5 Å². The molecule has 0 bridgehead atoms. The Morgan fingerprint density at radius 3 is 2.65 bits per heavy atom. The summed E-state index contributed by atoms with van der Waals surface area (Å²) in [5.74, 6) is 0.351. The lowest BCUT2D eigenvalue weighted by Crippen LogP contribution is -2.39. The first kappa shape index (κ1) is 15.3. The van der Waals surface area contributed by atoms with Crippen LogP contribution >= 0.6 is 0 Å². The van der Waals surface area contributed by atoms with Crippen molar-refractivity contribution in [3.05, 3.63) is 52.9 Å². The first-order valence-corrected chi connectivity index (χ1v) is 7.69. The van der Waals surface area contributed by atoms with E-state index in [0.29, 0.717) is 18.0 Å². The molecule has 0 aliphatic carbocycles. The summed E-state index contributed by atoms with van der Waals surface area (Å²) >= 11 is 0. The Balaban J connectivity index is 2.07. The minimum atomic E-state index is -0.429. The van der Waals surface area contributed by atoms with E-state index >= 15 is 0 Å². The predicted octanol–water partition coefficient (Wildman–Crippen LogP) is 2.85. The first-order chi connectivity index (χ1) is 10.9. The maximum Gasteiger partial charge on any atom is 0.144 e. The summed E-state index contributed by atoms with van der Waals surface area (Å²) in [6.07, 6.45) is 2.89. The smallest absolute Gasteiger partial charge is 0.144 e. The van der Waals surface area contributed by atoms with Gasteiger partial charge in [0.25, 0.3) is 0 Å². The largest absolute Gasteiger partial charge is 0.383 e. The number of hydrogen-bond acceptors (Lipinski definition) is 5. The summed E-state index contributed by atoms with van der Waals surface area (Å²) in [5.41, 5.74) is 9.84. The Bertz CT molecular complexity index is 763. The van der Waals surface area contributed by atoms with Crippen molar-refractivity contribution in [3.8, 4) is 6.07 Å². The average Bonchev–Trinajstić information content (AvgIpc) is 2.54. The summed E-state index contributed by atoms with van der Waals surface area (Å²) < 4.78 is 5.78. The number of rotatable bonds is 2. The van der Waals surface area contributed by atoms with E-state index in [2.05, 4.69) is 18.1 Å². The lowest BCUT2D eigenvalue weighted by molar-refractivity contribution is 0.0409. The average molecular weight is 308 g/mol. The van der Waals surface area contributed by atoms with Crippen LogP contribution in [0.4, 0.5) is 5.69 Å². The van der Waals surface area contributed by atoms with E-state index in [1.807, 2.05) is 44.2 Å². The topological polar surface area (TPSA) is 74.6 Å². The molecule has 0 unspecified atom stereocenters. The predicted molar refractivity (Wildman–Crippen MR) is 90.7 cm³/mol. The van der Waals surface area contributed by atoms with Gasteiger partial charge in [-0.2, -0.15) is 10.4 Å². The highest BCUT2D eigenvalue weighted by Gasteiger charge is 2.33. The van der Waals surface area contributed by atoms with Crippen molar-refractivity contribution in [2.75, 3.05) is 11.6 Å². The molecule has 0 radical (unpaired) electrons. The van der Waals surface area contributed by atoms with Crippen LogP contribution in [0.3, 0.4) is 0 Å². The number of anilines is 1. The molecule has 0 amide bonds. The highest BCUT2D eigenvalue weighted by Crippen LogP contribution is 2.32. The summed E-state index contributed by atoms with van der Waals surface area (Å²) in [6, 6.07) is 10.2. The number of nitriles is 1. The second-order valence-electron chi connectivity index (χ2n) is 6.20. The normalized spacial score (nSPS) is 19.7. The van der Waals surface area contributed by atoms with Crippen LogP contribution in [-0.2, 0) is 11.2 Å². The molecule has 1 aromatic rings. The van der Waals surface area contributed by atoms with Crippen molar-refractivity contribution in [1.82, 2.24) is 0 Å². The number of nitrogens with zero attached hydrogens (tertiary/aromatic N) is 3. The van der Waals surface area contributed by atoms with Crippen LogP contribution in [0.25, 0.3) is 0 Å². The van der Waals surface area contributed by atoms with E-state index < -0.39 is 5.60 Å². The van der Waals surface area contributed by atoms with Crippen LogP contribution in [0.1, 0.15) is 26.3 Å². The molecular weight excluding hydrogens is 288 g/mol. The van der Waals surface area contributed by atoms with Gasteiger partial charge >= 0.3 is 0 Å². The molecule has 2 heterocycles. The molecule has 2 aliphatic heterocycles. The molecule has 2 N–H and O–H groups in total. The van der Waals surface area contributed by atoms with Crippen LogP contribution in [0.5, 0.6) is 0 Å². The summed E-state index contributed by atoms with van der Waals surface area (Å²) in [5, 5.41) is 15.8. The van der Waals surface area contributed by atoms with E-state index in [1.54, 1.807) is 5.01 Å². The number of benzene rings is 1. The second kappa shape index (κ2) is 5.56. The molecule has 118 valence electrons. The standard InChI is InChI=1S/C18H20N4O/c1-4-12-5-7-13(8-6-12)22-17(20)15(10-19)14-9-18(2,3)23-11-16(14)21-22/h5-9H,4,11,20H2,1-3H3. The second-order valence-corrected chi connectivity index (χ2v) is 6.20. The van der Waals surface area contributed by atoms with Gasteiger partial charge in [0, 0.05) is 5.57 Å². The number of aryl methyl sites for hydroxylation is 1. The van der Waals surface area contributed by atoms with Gasteiger partial charge in [-0.05, 0) is 44.0 Å². The fourth-order valence-corrected chi connectivity index (χ4v) is 2.71.